The Morgan fingerprint density at radius 3 is 2.56 bits per heavy atom. The highest BCUT2D eigenvalue weighted by Gasteiger charge is 2.30. The second kappa shape index (κ2) is 6.24. The second-order valence-corrected chi connectivity index (χ2v) is 5.27. The zero-order valence-electron chi connectivity index (χ0n) is 11.1. The van der Waals surface area contributed by atoms with Crippen LogP contribution in [-0.2, 0) is 4.79 Å². The Morgan fingerprint density at radius 2 is 2.00 bits per heavy atom. The number of nitrogens with one attached hydrogen (secondary N) is 1. The lowest BCUT2D eigenvalue weighted by Gasteiger charge is -2.38. The van der Waals surface area contributed by atoms with Crippen LogP contribution in [0.15, 0.2) is 0 Å². The van der Waals surface area contributed by atoms with E-state index in [1.165, 1.54) is 25.7 Å². The molecule has 0 aromatic rings. The molecule has 0 aliphatic heterocycles. The first-order chi connectivity index (χ1) is 7.57. The number of carbonyl (C=O) groups excluding carboxylic acids is 1. The van der Waals surface area contributed by atoms with Crippen molar-refractivity contribution in [3.05, 3.63) is 0 Å². The predicted octanol–water partition coefficient (Wildman–Crippen LogP) is 1.88. The van der Waals surface area contributed by atoms with Gasteiger partial charge in [0.1, 0.15) is 0 Å². The minimum Gasteiger partial charge on any atom is -0.342 e. The Balaban J connectivity index is 2.63. The molecular formula is C13H26N2O. The molecule has 3 heteroatoms. The van der Waals surface area contributed by atoms with E-state index in [1.807, 2.05) is 32.8 Å². The normalized spacial score (nSPS) is 25.8. The van der Waals surface area contributed by atoms with Crippen molar-refractivity contribution in [2.75, 3.05) is 20.6 Å². The lowest BCUT2D eigenvalue weighted by atomic mass is 9.83. The van der Waals surface area contributed by atoms with Crippen LogP contribution in [0.4, 0.5) is 0 Å². The molecule has 2 unspecified atom stereocenters. The van der Waals surface area contributed by atoms with Crippen LogP contribution in [-0.4, -0.2) is 37.5 Å². The molecule has 1 saturated carbocycles. The molecule has 16 heavy (non-hydrogen) atoms. The van der Waals surface area contributed by atoms with Gasteiger partial charge in [0.15, 0.2) is 0 Å². The Hall–Kier alpha value is -0.570. The molecule has 1 N–H and O–H groups in total. The van der Waals surface area contributed by atoms with E-state index in [4.69, 9.17) is 0 Å². The Bertz CT molecular complexity index is 226. The van der Waals surface area contributed by atoms with Gasteiger partial charge in [-0.15, -0.1) is 0 Å². The number of amides is 1. The summed E-state index contributed by atoms with van der Waals surface area (Å²) in [5, 5.41) is 3.25. The molecule has 0 aromatic carbocycles. The molecule has 0 saturated heterocycles. The van der Waals surface area contributed by atoms with Crippen LogP contribution in [0.5, 0.6) is 0 Å². The van der Waals surface area contributed by atoms with Crippen LogP contribution in [0, 0.1) is 11.8 Å². The van der Waals surface area contributed by atoms with Crippen molar-refractivity contribution in [2.24, 2.45) is 11.8 Å². The van der Waals surface area contributed by atoms with E-state index in [1.54, 1.807) is 0 Å². The van der Waals surface area contributed by atoms with Crippen LogP contribution in [0.1, 0.15) is 39.5 Å². The van der Waals surface area contributed by atoms with E-state index in [-0.39, 0.29) is 11.8 Å². The van der Waals surface area contributed by atoms with Gasteiger partial charge in [-0.2, -0.15) is 0 Å². The van der Waals surface area contributed by atoms with Crippen LogP contribution >= 0.6 is 0 Å². The van der Waals surface area contributed by atoms with Gasteiger partial charge >= 0.3 is 0 Å². The smallest absolute Gasteiger partial charge is 0.225 e. The van der Waals surface area contributed by atoms with Crippen molar-refractivity contribution in [1.82, 2.24) is 10.2 Å². The molecule has 1 aliphatic carbocycles. The van der Waals surface area contributed by atoms with Gasteiger partial charge in [-0.05, 0) is 32.4 Å². The summed E-state index contributed by atoms with van der Waals surface area (Å²) in [5.41, 5.74) is 0. The molecule has 0 heterocycles. The van der Waals surface area contributed by atoms with Gasteiger partial charge in [-0.25, -0.2) is 0 Å². The summed E-state index contributed by atoms with van der Waals surface area (Å²) in [5.74, 6) is 1.03. The fourth-order valence-corrected chi connectivity index (χ4v) is 2.77. The largest absolute Gasteiger partial charge is 0.342 e. The summed E-state index contributed by atoms with van der Waals surface area (Å²) in [4.78, 5) is 14.0. The number of carbonyl (C=O) groups is 1. The van der Waals surface area contributed by atoms with Crippen molar-refractivity contribution >= 4 is 5.91 Å². The van der Waals surface area contributed by atoms with Crippen LogP contribution in [0.25, 0.3) is 0 Å². The molecule has 1 rings (SSSR count). The summed E-state index contributed by atoms with van der Waals surface area (Å²) < 4.78 is 0. The summed E-state index contributed by atoms with van der Waals surface area (Å²) in [6.45, 7) is 4.99. The molecule has 0 bridgehead atoms. The van der Waals surface area contributed by atoms with Crippen molar-refractivity contribution in [1.29, 1.82) is 0 Å². The average molecular weight is 226 g/mol. The molecule has 94 valence electrons. The monoisotopic (exact) mass is 226 g/mol. The van der Waals surface area contributed by atoms with Gasteiger partial charge in [0, 0.05) is 19.0 Å². The number of hydrogen-bond donors (Lipinski definition) is 1. The van der Waals surface area contributed by atoms with E-state index in [9.17, 15) is 4.79 Å². The molecule has 0 radical (unpaired) electrons. The highest BCUT2D eigenvalue weighted by Crippen LogP contribution is 2.28. The third-order valence-corrected chi connectivity index (χ3v) is 3.67. The van der Waals surface area contributed by atoms with E-state index in [0.29, 0.717) is 12.0 Å². The van der Waals surface area contributed by atoms with Crippen LogP contribution < -0.4 is 5.32 Å². The van der Waals surface area contributed by atoms with Crippen LogP contribution in [0.3, 0.4) is 0 Å². The summed E-state index contributed by atoms with van der Waals surface area (Å²) in [6.07, 6.45) is 5.00. The lowest BCUT2D eigenvalue weighted by Crippen LogP contribution is -2.47. The van der Waals surface area contributed by atoms with E-state index in [2.05, 4.69) is 5.32 Å². The maximum absolute atomic E-state index is 12.0. The fourth-order valence-electron chi connectivity index (χ4n) is 2.77. The minimum absolute atomic E-state index is 0.113. The molecule has 1 aliphatic rings. The van der Waals surface area contributed by atoms with Gasteiger partial charge in [0.25, 0.3) is 0 Å². The summed E-state index contributed by atoms with van der Waals surface area (Å²) in [6, 6.07) is 0.441. The first kappa shape index (κ1) is 13.5. The maximum Gasteiger partial charge on any atom is 0.225 e. The second-order valence-electron chi connectivity index (χ2n) is 5.27. The first-order valence-electron chi connectivity index (χ1n) is 6.49. The molecule has 1 amide bonds. The minimum atomic E-state index is 0.113. The van der Waals surface area contributed by atoms with Gasteiger partial charge in [-0.1, -0.05) is 26.7 Å². The van der Waals surface area contributed by atoms with E-state index < -0.39 is 0 Å². The van der Waals surface area contributed by atoms with E-state index >= 15 is 0 Å². The standard InChI is InChI=1S/C13H26N2O/c1-10(2)13(16)15(4)12-8-6-5-7-11(12)9-14-3/h10-12,14H,5-9H2,1-4H3. The van der Waals surface area contributed by atoms with Gasteiger partial charge in [0.2, 0.25) is 5.91 Å². The van der Waals surface area contributed by atoms with Gasteiger partial charge in [-0.3, -0.25) is 4.79 Å². The van der Waals surface area contributed by atoms with E-state index in [0.717, 1.165) is 6.54 Å². The topological polar surface area (TPSA) is 32.3 Å². The maximum atomic E-state index is 12.0. The predicted molar refractivity (Wildman–Crippen MR) is 67.3 cm³/mol. The van der Waals surface area contributed by atoms with Crippen LogP contribution in [0.2, 0.25) is 0 Å². The molecule has 0 spiro atoms. The number of hydrogen-bond acceptors (Lipinski definition) is 2. The summed E-state index contributed by atoms with van der Waals surface area (Å²) in [7, 11) is 3.97. The molecule has 1 fully saturated rings. The molecule has 0 aromatic heterocycles. The Kier molecular flexibility index (Phi) is 5.26. The third-order valence-electron chi connectivity index (χ3n) is 3.67. The Labute approximate surface area is 99.6 Å². The fraction of sp³-hybridized carbons (Fsp3) is 0.923. The zero-order chi connectivity index (χ0) is 12.1. The quantitative estimate of drug-likeness (QED) is 0.794. The zero-order valence-corrected chi connectivity index (χ0v) is 11.1. The molecule has 3 nitrogen and oxygen atoms in total. The molecule has 2 atom stereocenters. The average Bonchev–Trinajstić information content (AvgIpc) is 2.28. The van der Waals surface area contributed by atoms with Gasteiger partial charge in [0.05, 0.1) is 0 Å². The van der Waals surface area contributed by atoms with Crippen molar-refractivity contribution in [3.8, 4) is 0 Å². The van der Waals surface area contributed by atoms with Crippen molar-refractivity contribution < 1.29 is 4.79 Å². The van der Waals surface area contributed by atoms with Crippen molar-refractivity contribution in [3.63, 3.8) is 0 Å². The highest BCUT2D eigenvalue weighted by molar-refractivity contribution is 5.78. The number of rotatable bonds is 4. The SMILES string of the molecule is CNCC1CCCCC1N(C)C(=O)C(C)C. The molecular weight excluding hydrogens is 200 g/mol. The first-order valence-corrected chi connectivity index (χ1v) is 6.49. The van der Waals surface area contributed by atoms with Gasteiger partial charge < -0.3 is 10.2 Å². The highest BCUT2D eigenvalue weighted by atomic mass is 16.2. The summed E-state index contributed by atoms with van der Waals surface area (Å²) >= 11 is 0. The Morgan fingerprint density at radius 1 is 1.38 bits per heavy atom. The van der Waals surface area contributed by atoms with Crippen molar-refractivity contribution in [2.45, 2.75) is 45.6 Å². The third kappa shape index (κ3) is 3.21. The number of nitrogens with zero attached hydrogens (tertiary/aromatic N) is 1. The lowest BCUT2D eigenvalue weighted by molar-refractivity contribution is -0.137.